The van der Waals surface area contributed by atoms with Crippen LogP contribution >= 0.6 is 11.6 Å². The summed E-state index contributed by atoms with van der Waals surface area (Å²) in [6.45, 7) is 2.81. The third kappa shape index (κ3) is 3.47. The van der Waals surface area contributed by atoms with Crippen LogP contribution in [0.1, 0.15) is 24.8 Å². The van der Waals surface area contributed by atoms with Crippen molar-refractivity contribution in [1.29, 1.82) is 0 Å². The lowest BCUT2D eigenvalue weighted by atomic mass is 9.96. The molecule has 0 amide bonds. The normalized spacial score (nSPS) is 22.7. The van der Waals surface area contributed by atoms with Gasteiger partial charge in [0, 0.05) is 11.1 Å². The van der Waals surface area contributed by atoms with Gasteiger partial charge in [0.15, 0.2) is 0 Å². The van der Waals surface area contributed by atoms with E-state index in [1.807, 2.05) is 6.92 Å². The van der Waals surface area contributed by atoms with Crippen molar-refractivity contribution in [2.24, 2.45) is 0 Å². The van der Waals surface area contributed by atoms with Crippen LogP contribution in [0.5, 0.6) is 0 Å². The van der Waals surface area contributed by atoms with E-state index in [0.717, 1.165) is 24.9 Å². The molecule has 1 aromatic heterocycles. The Kier molecular flexibility index (Phi) is 5.20. The summed E-state index contributed by atoms with van der Waals surface area (Å²) in [5.41, 5.74) is 1.16. The van der Waals surface area contributed by atoms with Gasteiger partial charge in [-0.25, -0.2) is 4.98 Å². The second kappa shape index (κ2) is 7.19. The number of aliphatic hydroxyl groups is 2. The van der Waals surface area contributed by atoms with E-state index in [1.54, 1.807) is 12.1 Å². The van der Waals surface area contributed by atoms with Gasteiger partial charge in [0.05, 0.1) is 36.0 Å². The molecule has 3 atom stereocenters. The number of benzene rings is 1. The topological polar surface area (TPSA) is 87.4 Å². The molecule has 0 bridgehead atoms. The third-order valence-electron chi connectivity index (χ3n) is 4.66. The van der Waals surface area contributed by atoms with Crippen LogP contribution in [-0.2, 0) is 6.54 Å². The van der Waals surface area contributed by atoms with Crippen LogP contribution in [0.3, 0.4) is 0 Å². The number of hydrogen-bond donors (Lipinski definition) is 3. The fourth-order valence-corrected chi connectivity index (χ4v) is 3.40. The highest BCUT2D eigenvalue weighted by atomic mass is 35.5. The number of rotatable bonds is 4. The summed E-state index contributed by atoms with van der Waals surface area (Å²) in [5.74, 6) is 0. The maximum absolute atomic E-state index is 12.6. The molecule has 1 aromatic carbocycles. The Hall–Kier alpha value is -1.47. The molecule has 1 fully saturated rings. The highest BCUT2D eigenvalue weighted by molar-refractivity contribution is 6.32. The molecule has 1 aliphatic heterocycles. The van der Waals surface area contributed by atoms with E-state index >= 15 is 0 Å². The molecule has 0 aliphatic carbocycles. The number of nitrogens with one attached hydrogen (secondary N) is 1. The van der Waals surface area contributed by atoms with Gasteiger partial charge >= 0.3 is 0 Å². The molecule has 3 rings (SSSR count). The van der Waals surface area contributed by atoms with Gasteiger partial charge in [-0.2, -0.15) is 0 Å². The second-order valence-electron chi connectivity index (χ2n) is 6.43. The van der Waals surface area contributed by atoms with E-state index in [-0.39, 0.29) is 18.1 Å². The first-order chi connectivity index (χ1) is 11.5. The monoisotopic (exact) mass is 351 g/mol. The molecule has 0 spiro atoms. The zero-order valence-corrected chi connectivity index (χ0v) is 14.3. The van der Waals surface area contributed by atoms with Crippen LogP contribution in [0.2, 0.25) is 5.02 Å². The van der Waals surface area contributed by atoms with Crippen molar-refractivity contribution >= 4 is 22.5 Å². The van der Waals surface area contributed by atoms with Crippen molar-refractivity contribution < 1.29 is 10.2 Å². The van der Waals surface area contributed by atoms with Gasteiger partial charge in [-0.15, -0.1) is 0 Å². The first-order valence-electron chi connectivity index (χ1n) is 8.21. The van der Waals surface area contributed by atoms with Crippen molar-refractivity contribution in [1.82, 2.24) is 14.9 Å². The van der Waals surface area contributed by atoms with Gasteiger partial charge < -0.3 is 15.5 Å². The van der Waals surface area contributed by atoms with E-state index in [2.05, 4.69) is 10.3 Å². The first-order valence-corrected chi connectivity index (χ1v) is 8.59. The van der Waals surface area contributed by atoms with Gasteiger partial charge in [-0.3, -0.25) is 9.36 Å². The molecule has 0 radical (unpaired) electrons. The van der Waals surface area contributed by atoms with Gasteiger partial charge in [-0.05, 0) is 50.4 Å². The second-order valence-corrected chi connectivity index (χ2v) is 6.84. The largest absolute Gasteiger partial charge is 0.392 e. The van der Waals surface area contributed by atoms with Crippen LogP contribution < -0.4 is 10.9 Å². The predicted molar refractivity (Wildman–Crippen MR) is 93.4 cm³/mol. The quantitative estimate of drug-likeness (QED) is 0.771. The smallest absolute Gasteiger partial charge is 0.261 e. The molecule has 0 saturated carbocycles. The minimum absolute atomic E-state index is 0.140. The summed E-state index contributed by atoms with van der Waals surface area (Å²) < 4.78 is 1.41. The van der Waals surface area contributed by atoms with Crippen LogP contribution in [-0.4, -0.2) is 44.6 Å². The zero-order chi connectivity index (χ0) is 17.3. The lowest BCUT2D eigenvalue weighted by molar-refractivity contribution is 0.0539. The van der Waals surface area contributed by atoms with E-state index in [9.17, 15) is 15.0 Å². The molecule has 7 heteroatoms. The van der Waals surface area contributed by atoms with Crippen molar-refractivity contribution in [2.45, 2.75) is 51.0 Å². The number of fused-ring (bicyclic) bond motifs is 1. The molecule has 1 saturated heterocycles. The summed E-state index contributed by atoms with van der Waals surface area (Å²) in [7, 11) is 0. The lowest BCUT2D eigenvalue weighted by Gasteiger charge is -2.30. The first kappa shape index (κ1) is 17.4. The number of hydrogen-bond acceptors (Lipinski definition) is 5. The van der Waals surface area contributed by atoms with Crippen molar-refractivity contribution in [3.63, 3.8) is 0 Å². The van der Waals surface area contributed by atoms with Crippen LogP contribution in [0.4, 0.5) is 0 Å². The summed E-state index contributed by atoms with van der Waals surface area (Å²) in [5, 5.41) is 24.6. The molecular weight excluding hydrogens is 330 g/mol. The minimum Gasteiger partial charge on any atom is -0.392 e. The molecule has 3 N–H and O–H groups in total. The van der Waals surface area contributed by atoms with E-state index in [4.69, 9.17) is 11.6 Å². The van der Waals surface area contributed by atoms with Crippen LogP contribution in [0, 0.1) is 6.92 Å². The molecule has 24 heavy (non-hydrogen) atoms. The van der Waals surface area contributed by atoms with Crippen LogP contribution in [0.25, 0.3) is 10.9 Å². The zero-order valence-electron chi connectivity index (χ0n) is 13.6. The Bertz CT molecular complexity index is 792. The summed E-state index contributed by atoms with van der Waals surface area (Å²) in [6.07, 6.45) is 2.32. The van der Waals surface area contributed by atoms with E-state index < -0.39 is 12.2 Å². The Morgan fingerprint density at radius 2 is 2.29 bits per heavy atom. The number of piperidine rings is 1. The molecule has 0 unspecified atom stereocenters. The highest BCUT2D eigenvalue weighted by Gasteiger charge is 2.25. The van der Waals surface area contributed by atoms with Gasteiger partial charge in [-0.1, -0.05) is 11.6 Å². The van der Waals surface area contributed by atoms with Gasteiger partial charge in [0.25, 0.3) is 5.56 Å². The molecule has 2 aromatic rings. The van der Waals surface area contributed by atoms with Crippen LogP contribution in [0.15, 0.2) is 23.3 Å². The molecule has 1 aliphatic rings. The molecule has 130 valence electrons. The van der Waals surface area contributed by atoms with Gasteiger partial charge in [0.2, 0.25) is 0 Å². The summed E-state index contributed by atoms with van der Waals surface area (Å²) in [4.78, 5) is 16.9. The Morgan fingerprint density at radius 3 is 3.04 bits per heavy atom. The van der Waals surface area contributed by atoms with Crippen molar-refractivity contribution in [3.05, 3.63) is 39.4 Å². The number of nitrogens with zero attached hydrogens (tertiary/aromatic N) is 2. The predicted octanol–water partition coefficient (Wildman–Crippen LogP) is 1.22. The maximum atomic E-state index is 12.6. The van der Waals surface area contributed by atoms with Crippen molar-refractivity contribution in [3.8, 4) is 0 Å². The average Bonchev–Trinajstić information content (AvgIpc) is 2.56. The van der Waals surface area contributed by atoms with E-state index in [0.29, 0.717) is 22.3 Å². The number of aromatic nitrogens is 2. The fraction of sp³-hybridized carbons (Fsp3) is 0.529. The Balaban J connectivity index is 1.79. The minimum atomic E-state index is -0.736. The number of aryl methyl sites for hydroxylation is 1. The SMILES string of the molecule is Cc1c(Cl)ccc2c(=O)n(C[C@@H](O)C[C@H]3NCCC[C@@H]3O)cnc12. The summed E-state index contributed by atoms with van der Waals surface area (Å²) >= 11 is 6.07. The highest BCUT2D eigenvalue weighted by Crippen LogP contribution is 2.21. The number of aliphatic hydroxyl groups excluding tert-OH is 2. The fourth-order valence-electron chi connectivity index (χ4n) is 3.25. The van der Waals surface area contributed by atoms with E-state index in [1.165, 1.54) is 10.9 Å². The Morgan fingerprint density at radius 1 is 1.50 bits per heavy atom. The average molecular weight is 352 g/mol. The molecule has 6 nitrogen and oxygen atoms in total. The third-order valence-corrected chi connectivity index (χ3v) is 5.07. The molecule has 2 heterocycles. The summed E-state index contributed by atoms with van der Waals surface area (Å²) in [6, 6.07) is 3.21. The lowest BCUT2D eigenvalue weighted by Crippen LogP contribution is -2.47. The standard InChI is InChI=1S/C17H22ClN3O3/c1-10-13(18)5-4-12-16(10)20-9-21(17(12)24)8-11(22)7-14-15(23)3-2-6-19-14/h4-5,9,11,14-15,19,22-23H,2-3,6-8H2,1H3/t11-,14+,15-/m0/s1. The molecular formula is C17H22ClN3O3. The van der Waals surface area contributed by atoms with Crippen molar-refractivity contribution in [2.75, 3.05) is 6.54 Å². The van der Waals surface area contributed by atoms with Gasteiger partial charge in [0.1, 0.15) is 0 Å². The maximum Gasteiger partial charge on any atom is 0.261 e. The number of halogens is 1. The Labute approximate surface area is 145 Å².